The third-order valence-corrected chi connectivity index (χ3v) is 3.25. The number of nitrogens with one attached hydrogen (secondary N) is 1. The smallest absolute Gasteiger partial charge is 0.253 e. The molecule has 0 spiro atoms. The van der Waals surface area contributed by atoms with E-state index in [4.69, 9.17) is 5.73 Å². The Balaban J connectivity index is 2.11. The first kappa shape index (κ1) is 14.3. The second kappa shape index (κ2) is 5.87. The number of hydrogen-bond acceptors (Lipinski definition) is 4. The van der Waals surface area contributed by atoms with E-state index in [1.165, 1.54) is 17.0 Å². The van der Waals surface area contributed by atoms with Crippen molar-refractivity contribution in [3.05, 3.63) is 51.1 Å². The maximum Gasteiger partial charge on any atom is 0.253 e. The van der Waals surface area contributed by atoms with Gasteiger partial charge in [-0.2, -0.15) is 0 Å². The molecular weight excluding hydrogens is 324 g/mol. The van der Waals surface area contributed by atoms with Crippen LogP contribution in [0.1, 0.15) is 5.69 Å². The van der Waals surface area contributed by atoms with E-state index in [-0.39, 0.29) is 18.0 Å². The van der Waals surface area contributed by atoms with Gasteiger partial charge in [0.05, 0.1) is 12.0 Å². The molecule has 0 bridgehead atoms. The first-order valence-electron chi connectivity index (χ1n) is 5.83. The minimum Gasteiger partial charge on any atom is -0.399 e. The zero-order chi connectivity index (χ0) is 14.7. The number of amides is 1. The lowest BCUT2D eigenvalue weighted by Crippen LogP contribution is -2.27. The van der Waals surface area contributed by atoms with Gasteiger partial charge in [-0.15, -0.1) is 0 Å². The maximum absolute atomic E-state index is 11.9. The van der Waals surface area contributed by atoms with E-state index in [2.05, 4.69) is 26.2 Å². The second-order valence-electron chi connectivity index (χ2n) is 4.28. The molecule has 0 unspecified atom stereocenters. The van der Waals surface area contributed by atoms with Crippen LogP contribution in [0.2, 0.25) is 0 Å². The summed E-state index contributed by atoms with van der Waals surface area (Å²) in [7, 11) is 0. The molecule has 0 aliphatic carbocycles. The number of benzene rings is 1. The molecule has 2 aromatic rings. The number of rotatable bonds is 3. The zero-order valence-electron chi connectivity index (χ0n) is 10.8. The number of halogens is 1. The van der Waals surface area contributed by atoms with Crippen LogP contribution in [0.15, 0.2) is 39.9 Å². The van der Waals surface area contributed by atoms with E-state index in [0.717, 1.165) is 0 Å². The van der Waals surface area contributed by atoms with Crippen molar-refractivity contribution in [2.75, 3.05) is 11.1 Å². The van der Waals surface area contributed by atoms with Gasteiger partial charge in [-0.3, -0.25) is 14.2 Å². The van der Waals surface area contributed by atoms with E-state index in [0.29, 0.717) is 21.5 Å². The minimum atomic E-state index is -0.316. The number of aryl methyl sites for hydroxylation is 1. The normalized spacial score (nSPS) is 10.3. The third kappa shape index (κ3) is 3.45. The van der Waals surface area contributed by atoms with E-state index in [1.807, 2.05) is 0 Å². The van der Waals surface area contributed by atoms with Crippen LogP contribution >= 0.6 is 15.9 Å². The Bertz CT molecular complexity index is 712. The zero-order valence-corrected chi connectivity index (χ0v) is 12.3. The predicted molar refractivity (Wildman–Crippen MR) is 80.4 cm³/mol. The lowest BCUT2D eigenvalue weighted by Gasteiger charge is -2.09. The molecule has 1 aromatic heterocycles. The van der Waals surface area contributed by atoms with Gasteiger partial charge in [0.15, 0.2) is 0 Å². The predicted octanol–water partition coefficient (Wildman–Crippen LogP) is 1.54. The number of aromatic nitrogens is 2. The molecule has 1 aromatic carbocycles. The highest BCUT2D eigenvalue weighted by molar-refractivity contribution is 9.10. The van der Waals surface area contributed by atoms with Crippen molar-refractivity contribution in [3.63, 3.8) is 0 Å². The summed E-state index contributed by atoms with van der Waals surface area (Å²) in [5, 5.41) is 2.70. The largest absolute Gasteiger partial charge is 0.399 e. The SMILES string of the molecule is Cc1cc(=O)n(CC(=O)Nc2ccc(N)cc2Br)cn1. The van der Waals surface area contributed by atoms with Crippen molar-refractivity contribution >= 4 is 33.2 Å². The monoisotopic (exact) mass is 336 g/mol. The van der Waals surface area contributed by atoms with Crippen LogP contribution in [-0.4, -0.2) is 15.5 Å². The van der Waals surface area contributed by atoms with Gasteiger partial charge in [0.1, 0.15) is 6.54 Å². The number of nitrogens with zero attached hydrogens (tertiary/aromatic N) is 2. The molecule has 20 heavy (non-hydrogen) atoms. The lowest BCUT2D eigenvalue weighted by molar-refractivity contribution is -0.116. The fourth-order valence-electron chi connectivity index (χ4n) is 1.61. The Morgan fingerprint density at radius 3 is 2.85 bits per heavy atom. The highest BCUT2D eigenvalue weighted by Gasteiger charge is 2.08. The summed E-state index contributed by atoms with van der Waals surface area (Å²) in [5.74, 6) is -0.316. The summed E-state index contributed by atoms with van der Waals surface area (Å²) in [6, 6.07) is 6.44. The van der Waals surface area contributed by atoms with Crippen molar-refractivity contribution in [1.29, 1.82) is 0 Å². The van der Waals surface area contributed by atoms with E-state index in [1.54, 1.807) is 25.1 Å². The highest BCUT2D eigenvalue weighted by Crippen LogP contribution is 2.24. The Morgan fingerprint density at radius 2 is 2.20 bits per heavy atom. The topological polar surface area (TPSA) is 90.0 Å². The van der Waals surface area contributed by atoms with Crippen LogP contribution in [0.25, 0.3) is 0 Å². The van der Waals surface area contributed by atoms with E-state index >= 15 is 0 Å². The standard InChI is InChI=1S/C13H13BrN4O2/c1-8-4-13(20)18(7-16-8)6-12(19)17-11-3-2-9(15)5-10(11)14/h2-5,7H,6,15H2,1H3,(H,17,19). The molecule has 0 aliphatic heterocycles. The van der Waals surface area contributed by atoms with Gasteiger partial charge in [-0.25, -0.2) is 4.98 Å². The summed E-state index contributed by atoms with van der Waals surface area (Å²) >= 11 is 3.31. The maximum atomic E-state index is 11.9. The Morgan fingerprint density at radius 1 is 1.45 bits per heavy atom. The molecule has 0 saturated carbocycles. The van der Waals surface area contributed by atoms with Crippen LogP contribution in [0.4, 0.5) is 11.4 Å². The van der Waals surface area contributed by atoms with Gasteiger partial charge in [-0.1, -0.05) is 0 Å². The van der Waals surface area contributed by atoms with Gasteiger partial charge in [0.2, 0.25) is 5.91 Å². The van der Waals surface area contributed by atoms with Crippen molar-refractivity contribution in [2.45, 2.75) is 13.5 Å². The molecule has 1 heterocycles. The molecule has 6 nitrogen and oxygen atoms in total. The van der Waals surface area contributed by atoms with Crippen molar-refractivity contribution < 1.29 is 4.79 Å². The molecular formula is C13H13BrN4O2. The summed E-state index contributed by atoms with van der Waals surface area (Å²) in [4.78, 5) is 27.5. The van der Waals surface area contributed by atoms with Crippen molar-refractivity contribution in [1.82, 2.24) is 9.55 Å². The number of carbonyl (C=O) groups is 1. The molecule has 3 N–H and O–H groups in total. The number of anilines is 2. The molecule has 104 valence electrons. The van der Waals surface area contributed by atoms with Crippen LogP contribution in [0.3, 0.4) is 0 Å². The van der Waals surface area contributed by atoms with Gasteiger partial charge in [-0.05, 0) is 41.1 Å². The molecule has 0 radical (unpaired) electrons. The number of hydrogen-bond donors (Lipinski definition) is 2. The average molecular weight is 337 g/mol. The van der Waals surface area contributed by atoms with Crippen molar-refractivity contribution in [3.8, 4) is 0 Å². The summed E-state index contributed by atoms with van der Waals surface area (Å²) < 4.78 is 1.92. The van der Waals surface area contributed by atoms with Gasteiger partial charge >= 0.3 is 0 Å². The van der Waals surface area contributed by atoms with E-state index in [9.17, 15) is 9.59 Å². The summed E-state index contributed by atoms with van der Waals surface area (Å²) in [6.45, 7) is 1.63. The Hall–Kier alpha value is -2.15. The highest BCUT2D eigenvalue weighted by atomic mass is 79.9. The van der Waals surface area contributed by atoms with Crippen molar-refractivity contribution in [2.24, 2.45) is 0 Å². The Labute approximate surface area is 123 Å². The van der Waals surface area contributed by atoms with Gasteiger partial charge in [0, 0.05) is 21.9 Å². The average Bonchev–Trinajstić information content (AvgIpc) is 2.36. The quantitative estimate of drug-likeness (QED) is 0.832. The lowest BCUT2D eigenvalue weighted by atomic mass is 10.3. The fraction of sp³-hybridized carbons (Fsp3) is 0.154. The molecule has 2 rings (SSSR count). The first-order chi connectivity index (χ1) is 9.45. The number of nitrogen functional groups attached to an aromatic ring is 1. The number of nitrogens with two attached hydrogens (primary N) is 1. The van der Waals surface area contributed by atoms with Gasteiger partial charge < -0.3 is 11.1 Å². The molecule has 0 saturated heterocycles. The summed E-state index contributed by atoms with van der Waals surface area (Å²) in [5.41, 5.74) is 7.16. The van der Waals surface area contributed by atoms with E-state index < -0.39 is 0 Å². The Kier molecular flexibility index (Phi) is 4.19. The minimum absolute atomic E-state index is 0.0943. The second-order valence-corrected chi connectivity index (χ2v) is 5.14. The van der Waals surface area contributed by atoms with Crippen LogP contribution < -0.4 is 16.6 Å². The third-order valence-electron chi connectivity index (χ3n) is 2.60. The molecule has 1 amide bonds. The molecule has 7 heteroatoms. The first-order valence-corrected chi connectivity index (χ1v) is 6.63. The molecule has 0 atom stereocenters. The molecule has 0 aliphatic rings. The molecule has 0 fully saturated rings. The number of carbonyl (C=O) groups excluding carboxylic acids is 1. The van der Waals surface area contributed by atoms with Crippen LogP contribution in [0.5, 0.6) is 0 Å². The van der Waals surface area contributed by atoms with Gasteiger partial charge in [0.25, 0.3) is 5.56 Å². The fourth-order valence-corrected chi connectivity index (χ4v) is 2.11. The summed E-state index contributed by atoms with van der Waals surface area (Å²) in [6.07, 6.45) is 1.36. The van der Waals surface area contributed by atoms with Crippen LogP contribution in [-0.2, 0) is 11.3 Å². The van der Waals surface area contributed by atoms with Crippen LogP contribution in [0, 0.1) is 6.92 Å².